The maximum Gasteiger partial charge on any atom is 0.471 e. The molecule has 0 saturated heterocycles. The van der Waals surface area contributed by atoms with E-state index in [2.05, 4.69) is 0 Å². The standard InChI is InChI=1S/C18H14F6N2O2/c19-17(20,21)15(27)25(13-7-3-1-4-8-13)11-12-26(16(28)18(22,23)24)14-9-5-2-6-10-14/h1-10H,11-12H2. The number of para-hydroxylation sites is 2. The molecule has 2 aromatic carbocycles. The number of rotatable bonds is 5. The van der Waals surface area contributed by atoms with E-state index in [0.29, 0.717) is 9.80 Å². The SMILES string of the molecule is O=C(N(CCN(C(=O)C(F)(F)F)c1ccccc1)c1ccccc1)C(F)(F)F. The van der Waals surface area contributed by atoms with Gasteiger partial charge in [-0.3, -0.25) is 9.59 Å². The molecule has 2 amide bonds. The largest absolute Gasteiger partial charge is 0.471 e. The van der Waals surface area contributed by atoms with Crippen molar-refractivity contribution in [3.05, 3.63) is 60.7 Å². The molecule has 0 aromatic heterocycles. The minimum absolute atomic E-state index is 0.155. The second kappa shape index (κ2) is 8.32. The number of hydrogen-bond donors (Lipinski definition) is 0. The highest BCUT2D eigenvalue weighted by Gasteiger charge is 2.45. The van der Waals surface area contributed by atoms with Crippen LogP contribution in [0.2, 0.25) is 0 Å². The Bertz CT molecular complexity index is 737. The van der Waals surface area contributed by atoms with Gasteiger partial charge in [-0.1, -0.05) is 36.4 Å². The van der Waals surface area contributed by atoms with E-state index >= 15 is 0 Å². The number of halogens is 6. The molecule has 4 nitrogen and oxygen atoms in total. The Kier molecular flexibility index (Phi) is 6.32. The molecule has 10 heteroatoms. The first kappa shape index (κ1) is 21.3. The molecule has 0 heterocycles. The molecule has 150 valence electrons. The van der Waals surface area contributed by atoms with Crippen LogP contribution in [0.15, 0.2) is 60.7 Å². The van der Waals surface area contributed by atoms with Crippen LogP contribution in [0.25, 0.3) is 0 Å². The fraction of sp³-hybridized carbons (Fsp3) is 0.222. The lowest BCUT2D eigenvalue weighted by Gasteiger charge is -2.29. The highest BCUT2D eigenvalue weighted by molar-refractivity contribution is 5.99. The van der Waals surface area contributed by atoms with Gasteiger partial charge in [-0.15, -0.1) is 0 Å². The fourth-order valence-electron chi connectivity index (χ4n) is 2.42. The molecule has 0 unspecified atom stereocenters. The average Bonchev–Trinajstić information content (AvgIpc) is 2.64. The molecule has 0 aliphatic carbocycles. The van der Waals surface area contributed by atoms with Crippen molar-refractivity contribution in [3.8, 4) is 0 Å². The van der Waals surface area contributed by atoms with Crippen LogP contribution in [0.4, 0.5) is 37.7 Å². The molecule has 0 radical (unpaired) electrons. The molecule has 0 saturated carbocycles. The highest BCUT2D eigenvalue weighted by atomic mass is 19.4. The van der Waals surface area contributed by atoms with E-state index in [1.807, 2.05) is 0 Å². The summed E-state index contributed by atoms with van der Waals surface area (Å²) in [5.74, 6) is -4.49. The van der Waals surface area contributed by atoms with Gasteiger partial charge in [0.2, 0.25) is 0 Å². The number of benzene rings is 2. The molecule has 0 aliphatic rings. The summed E-state index contributed by atoms with van der Waals surface area (Å²) in [5.41, 5.74) is -0.311. The normalized spacial score (nSPS) is 11.8. The lowest BCUT2D eigenvalue weighted by atomic mass is 10.2. The Labute approximate surface area is 156 Å². The third kappa shape index (κ3) is 5.24. The molecule has 2 aromatic rings. The topological polar surface area (TPSA) is 40.6 Å². The molecule has 0 N–H and O–H groups in total. The molecular formula is C18H14F6N2O2. The van der Waals surface area contributed by atoms with Crippen LogP contribution in [0, 0.1) is 0 Å². The molecule has 0 spiro atoms. The van der Waals surface area contributed by atoms with Gasteiger partial charge in [0.1, 0.15) is 0 Å². The van der Waals surface area contributed by atoms with Gasteiger partial charge in [-0.2, -0.15) is 26.3 Å². The second-order valence-electron chi connectivity index (χ2n) is 5.58. The van der Waals surface area contributed by atoms with Gasteiger partial charge in [-0.25, -0.2) is 0 Å². The van der Waals surface area contributed by atoms with Crippen molar-refractivity contribution in [1.29, 1.82) is 0 Å². The van der Waals surface area contributed by atoms with Crippen molar-refractivity contribution >= 4 is 23.2 Å². The average molecular weight is 404 g/mol. The van der Waals surface area contributed by atoms with Gasteiger partial charge < -0.3 is 9.80 Å². The summed E-state index contributed by atoms with van der Waals surface area (Å²) in [5, 5.41) is 0. The zero-order valence-corrected chi connectivity index (χ0v) is 14.2. The van der Waals surface area contributed by atoms with Crippen molar-refractivity contribution in [1.82, 2.24) is 0 Å². The van der Waals surface area contributed by atoms with Gasteiger partial charge in [0, 0.05) is 24.5 Å². The first-order valence-electron chi connectivity index (χ1n) is 7.89. The molecule has 0 fully saturated rings. The summed E-state index contributed by atoms with van der Waals surface area (Å²) in [6.07, 6.45) is -10.5. The lowest BCUT2D eigenvalue weighted by molar-refractivity contribution is -0.171. The summed E-state index contributed by atoms with van der Waals surface area (Å²) in [6, 6.07) is 13.4. The Morgan fingerprint density at radius 3 is 1.14 bits per heavy atom. The van der Waals surface area contributed by atoms with Crippen molar-refractivity contribution in [3.63, 3.8) is 0 Å². The van der Waals surface area contributed by atoms with Crippen LogP contribution in [0.3, 0.4) is 0 Å². The summed E-state index contributed by atoms with van der Waals surface area (Å²) < 4.78 is 77.6. The van der Waals surface area contributed by atoms with Crippen LogP contribution < -0.4 is 9.80 Å². The minimum Gasteiger partial charge on any atom is -0.303 e. The summed E-state index contributed by atoms with van der Waals surface area (Å²) >= 11 is 0. The molecular weight excluding hydrogens is 390 g/mol. The van der Waals surface area contributed by atoms with Crippen molar-refractivity contribution in [2.45, 2.75) is 12.4 Å². The molecule has 2 rings (SSSR count). The predicted molar refractivity (Wildman–Crippen MR) is 89.7 cm³/mol. The van der Waals surface area contributed by atoms with Gasteiger partial charge in [-0.05, 0) is 24.3 Å². The van der Waals surface area contributed by atoms with Crippen molar-refractivity contribution in [2.24, 2.45) is 0 Å². The quantitative estimate of drug-likeness (QED) is 0.702. The van der Waals surface area contributed by atoms with Gasteiger partial charge >= 0.3 is 24.2 Å². The van der Waals surface area contributed by atoms with Gasteiger partial charge in [0.15, 0.2) is 0 Å². The van der Waals surface area contributed by atoms with Gasteiger partial charge in [0.05, 0.1) is 0 Å². The van der Waals surface area contributed by atoms with Crippen LogP contribution in [0.1, 0.15) is 0 Å². The van der Waals surface area contributed by atoms with Crippen molar-refractivity contribution < 1.29 is 35.9 Å². The van der Waals surface area contributed by atoms with Crippen molar-refractivity contribution in [2.75, 3.05) is 22.9 Å². The van der Waals surface area contributed by atoms with Crippen LogP contribution in [0.5, 0.6) is 0 Å². The van der Waals surface area contributed by atoms with E-state index in [-0.39, 0.29) is 11.4 Å². The van der Waals surface area contributed by atoms with Crippen LogP contribution in [-0.2, 0) is 9.59 Å². The first-order chi connectivity index (χ1) is 13.0. The number of amides is 2. The smallest absolute Gasteiger partial charge is 0.303 e. The number of anilines is 2. The predicted octanol–water partition coefficient (Wildman–Crippen LogP) is 4.18. The maximum atomic E-state index is 12.9. The number of carbonyl (C=O) groups excluding carboxylic acids is 2. The number of carbonyl (C=O) groups is 2. The molecule has 0 atom stereocenters. The molecule has 28 heavy (non-hydrogen) atoms. The zero-order valence-electron chi connectivity index (χ0n) is 14.2. The summed E-state index contributed by atoms with van der Waals surface area (Å²) in [4.78, 5) is 24.1. The lowest BCUT2D eigenvalue weighted by Crippen LogP contribution is -2.48. The van der Waals surface area contributed by atoms with Crippen LogP contribution >= 0.6 is 0 Å². The molecule has 0 aliphatic heterocycles. The first-order valence-corrected chi connectivity index (χ1v) is 7.89. The maximum absolute atomic E-state index is 12.9. The Hall–Kier alpha value is -3.04. The van der Waals surface area contributed by atoms with E-state index < -0.39 is 37.3 Å². The Balaban J connectivity index is 2.34. The van der Waals surface area contributed by atoms with E-state index in [0.717, 1.165) is 0 Å². The summed E-state index contributed by atoms with van der Waals surface area (Å²) in [7, 11) is 0. The molecule has 0 bridgehead atoms. The highest BCUT2D eigenvalue weighted by Crippen LogP contribution is 2.26. The summed E-state index contributed by atoms with van der Waals surface area (Å²) in [6.45, 7) is -1.59. The monoisotopic (exact) mass is 404 g/mol. The minimum atomic E-state index is -5.23. The zero-order chi connectivity index (χ0) is 20.9. The van der Waals surface area contributed by atoms with Crippen LogP contribution in [-0.4, -0.2) is 37.3 Å². The van der Waals surface area contributed by atoms with E-state index in [1.165, 1.54) is 60.7 Å². The third-order valence-electron chi connectivity index (χ3n) is 3.66. The number of alkyl halides is 6. The van der Waals surface area contributed by atoms with E-state index in [4.69, 9.17) is 0 Å². The fourth-order valence-corrected chi connectivity index (χ4v) is 2.42. The number of nitrogens with zero attached hydrogens (tertiary/aromatic N) is 2. The van der Waals surface area contributed by atoms with E-state index in [9.17, 15) is 35.9 Å². The third-order valence-corrected chi connectivity index (χ3v) is 3.66. The second-order valence-corrected chi connectivity index (χ2v) is 5.58. The number of hydrogen-bond acceptors (Lipinski definition) is 2. The van der Waals surface area contributed by atoms with Gasteiger partial charge in [0.25, 0.3) is 0 Å². The van der Waals surface area contributed by atoms with E-state index in [1.54, 1.807) is 0 Å². The Morgan fingerprint density at radius 2 is 0.893 bits per heavy atom. The Morgan fingerprint density at radius 1 is 0.607 bits per heavy atom.